The Bertz CT molecular complexity index is 141. The Kier molecular flexibility index (Phi) is 6.98. The van der Waals surface area contributed by atoms with Crippen LogP contribution in [0.25, 0.3) is 0 Å². The van der Waals surface area contributed by atoms with Crippen molar-refractivity contribution in [3.63, 3.8) is 0 Å². The van der Waals surface area contributed by atoms with Crippen LogP contribution in [0, 0.1) is 5.92 Å². The van der Waals surface area contributed by atoms with E-state index in [4.69, 9.17) is 9.84 Å². The zero-order valence-electron chi connectivity index (χ0n) is 9.87. The lowest BCUT2D eigenvalue weighted by Crippen LogP contribution is -2.37. The lowest BCUT2D eigenvalue weighted by atomic mass is 9.99. The third-order valence-electron chi connectivity index (χ3n) is 3.15. The van der Waals surface area contributed by atoms with Gasteiger partial charge in [0.25, 0.3) is 0 Å². The number of hydrogen-bond acceptors (Lipinski definition) is 3. The van der Waals surface area contributed by atoms with Crippen LogP contribution in [-0.2, 0) is 4.74 Å². The molecular weight excluding hydrogens is 190 g/mol. The van der Waals surface area contributed by atoms with Gasteiger partial charge in [0.15, 0.2) is 0 Å². The van der Waals surface area contributed by atoms with E-state index in [2.05, 4.69) is 12.2 Å². The summed E-state index contributed by atoms with van der Waals surface area (Å²) in [5.74, 6) is 0.642. The number of ether oxygens (including phenoxy) is 1. The predicted octanol–water partition coefficient (Wildman–Crippen LogP) is 1.55. The van der Waals surface area contributed by atoms with Crippen molar-refractivity contribution in [1.29, 1.82) is 0 Å². The average Bonchev–Trinajstić information content (AvgIpc) is 2.28. The molecule has 3 nitrogen and oxygen atoms in total. The molecule has 1 unspecified atom stereocenters. The lowest BCUT2D eigenvalue weighted by molar-refractivity contribution is 0.0763. The first-order chi connectivity index (χ1) is 7.36. The molecule has 15 heavy (non-hydrogen) atoms. The molecule has 0 amide bonds. The Balaban J connectivity index is 2.13. The van der Waals surface area contributed by atoms with E-state index in [9.17, 15) is 0 Å². The van der Waals surface area contributed by atoms with E-state index >= 15 is 0 Å². The number of aliphatic hydroxyl groups is 1. The second-order valence-electron chi connectivity index (χ2n) is 4.46. The molecule has 0 aliphatic carbocycles. The molecule has 0 saturated carbocycles. The van der Waals surface area contributed by atoms with Gasteiger partial charge in [-0.05, 0) is 38.1 Å². The molecule has 1 saturated heterocycles. The first-order valence-electron chi connectivity index (χ1n) is 6.28. The van der Waals surface area contributed by atoms with Crippen molar-refractivity contribution in [2.24, 2.45) is 5.92 Å². The van der Waals surface area contributed by atoms with Crippen LogP contribution >= 0.6 is 0 Å². The summed E-state index contributed by atoms with van der Waals surface area (Å²) in [6, 6.07) is 0.636. The predicted molar refractivity (Wildman–Crippen MR) is 61.9 cm³/mol. The van der Waals surface area contributed by atoms with Crippen molar-refractivity contribution in [1.82, 2.24) is 5.32 Å². The summed E-state index contributed by atoms with van der Waals surface area (Å²) in [7, 11) is 0. The molecule has 2 N–H and O–H groups in total. The van der Waals surface area contributed by atoms with E-state index in [0.717, 1.165) is 39.0 Å². The standard InChI is InChI=1S/C12H25NO2/c1-2-3-11(4-7-14)10-13-12-5-8-15-9-6-12/h11-14H,2-10H2,1H3. The van der Waals surface area contributed by atoms with Gasteiger partial charge in [-0.2, -0.15) is 0 Å². The van der Waals surface area contributed by atoms with Crippen LogP contribution < -0.4 is 5.32 Å². The summed E-state index contributed by atoms with van der Waals surface area (Å²) in [6.45, 7) is 5.38. The van der Waals surface area contributed by atoms with Crippen molar-refractivity contribution in [3.05, 3.63) is 0 Å². The van der Waals surface area contributed by atoms with E-state index < -0.39 is 0 Å². The third-order valence-corrected chi connectivity index (χ3v) is 3.15. The SMILES string of the molecule is CCCC(CCO)CNC1CCOCC1. The normalized spacial score (nSPS) is 20.4. The monoisotopic (exact) mass is 215 g/mol. The molecule has 0 aromatic rings. The molecule has 0 aromatic carbocycles. The number of nitrogens with one attached hydrogen (secondary N) is 1. The van der Waals surface area contributed by atoms with Crippen LogP contribution in [0.1, 0.15) is 39.0 Å². The second kappa shape index (κ2) is 8.08. The second-order valence-corrected chi connectivity index (χ2v) is 4.46. The molecule has 1 heterocycles. The molecule has 90 valence electrons. The highest BCUT2D eigenvalue weighted by molar-refractivity contribution is 4.72. The van der Waals surface area contributed by atoms with E-state index in [1.807, 2.05) is 0 Å². The van der Waals surface area contributed by atoms with Gasteiger partial charge in [0.1, 0.15) is 0 Å². The quantitative estimate of drug-likeness (QED) is 0.677. The van der Waals surface area contributed by atoms with Gasteiger partial charge in [-0.15, -0.1) is 0 Å². The molecule has 1 aliphatic rings. The smallest absolute Gasteiger partial charge is 0.0480 e. The Morgan fingerprint density at radius 1 is 1.33 bits per heavy atom. The first kappa shape index (κ1) is 12.9. The maximum absolute atomic E-state index is 8.95. The minimum absolute atomic E-state index is 0.320. The molecule has 1 fully saturated rings. The molecule has 1 aliphatic heterocycles. The summed E-state index contributed by atoms with van der Waals surface area (Å²) in [4.78, 5) is 0. The average molecular weight is 215 g/mol. The summed E-state index contributed by atoms with van der Waals surface area (Å²) in [6.07, 6.45) is 5.64. The molecule has 1 atom stereocenters. The van der Waals surface area contributed by atoms with Gasteiger partial charge >= 0.3 is 0 Å². The Morgan fingerprint density at radius 2 is 2.07 bits per heavy atom. The molecule has 0 radical (unpaired) electrons. The van der Waals surface area contributed by atoms with Crippen molar-refractivity contribution in [2.75, 3.05) is 26.4 Å². The molecular formula is C12H25NO2. The number of rotatable bonds is 7. The largest absolute Gasteiger partial charge is 0.396 e. The Hall–Kier alpha value is -0.120. The lowest BCUT2D eigenvalue weighted by Gasteiger charge is -2.25. The zero-order chi connectivity index (χ0) is 10.9. The van der Waals surface area contributed by atoms with Crippen LogP contribution in [0.4, 0.5) is 0 Å². The Morgan fingerprint density at radius 3 is 2.67 bits per heavy atom. The highest BCUT2D eigenvalue weighted by atomic mass is 16.5. The summed E-state index contributed by atoms with van der Waals surface area (Å²) in [5.41, 5.74) is 0. The van der Waals surface area contributed by atoms with Gasteiger partial charge in [0.05, 0.1) is 0 Å². The van der Waals surface area contributed by atoms with Crippen molar-refractivity contribution >= 4 is 0 Å². The van der Waals surface area contributed by atoms with Gasteiger partial charge in [0, 0.05) is 25.9 Å². The van der Waals surface area contributed by atoms with Gasteiger partial charge in [0.2, 0.25) is 0 Å². The van der Waals surface area contributed by atoms with Gasteiger partial charge in [-0.25, -0.2) is 0 Å². The van der Waals surface area contributed by atoms with Crippen LogP contribution in [0.3, 0.4) is 0 Å². The van der Waals surface area contributed by atoms with Crippen molar-refractivity contribution in [2.45, 2.75) is 45.1 Å². The van der Waals surface area contributed by atoms with Gasteiger partial charge < -0.3 is 15.2 Å². The fourth-order valence-electron chi connectivity index (χ4n) is 2.17. The number of aliphatic hydroxyl groups excluding tert-OH is 1. The van der Waals surface area contributed by atoms with Crippen LogP contribution in [-0.4, -0.2) is 37.5 Å². The zero-order valence-corrected chi connectivity index (χ0v) is 9.87. The molecule has 0 aromatic heterocycles. The summed E-state index contributed by atoms with van der Waals surface area (Å²) < 4.78 is 5.32. The van der Waals surface area contributed by atoms with Gasteiger partial charge in [-0.3, -0.25) is 0 Å². The van der Waals surface area contributed by atoms with E-state index in [0.29, 0.717) is 18.6 Å². The van der Waals surface area contributed by atoms with E-state index in [-0.39, 0.29) is 0 Å². The summed E-state index contributed by atoms with van der Waals surface area (Å²) in [5, 5.41) is 12.6. The first-order valence-corrected chi connectivity index (χ1v) is 6.28. The highest BCUT2D eigenvalue weighted by Gasteiger charge is 2.15. The Labute approximate surface area is 93.2 Å². The fraction of sp³-hybridized carbons (Fsp3) is 1.00. The van der Waals surface area contributed by atoms with E-state index in [1.54, 1.807) is 0 Å². The fourth-order valence-corrected chi connectivity index (χ4v) is 2.17. The third kappa shape index (κ3) is 5.50. The molecule has 1 rings (SSSR count). The molecule has 0 spiro atoms. The molecule has 0 bridgehead atoms. The maximum Gasteiger partial charge on any atom is 0.0480 e. The number of hydrogen-bond donors (Lipinski definition) is 2. The van der Waals surface area contributed by atoms with Crippen molar-refractivity contribution < 1.29 is 9.84 Å². The minimum Gasteiger partial charge on any atom is -0.396 e. The van der Waals surface area contributed by atoms with Crippen LogP contribution in [0.15, 0.2) is 0 Å². The van der Waals surface area contributed by atoms with Gasteiger partial charge in [-0.1, -0.05) is 13.3 Å². The van der Waals surface area contributed by atoms with Crippen LogP contribution in [0.5, 0.6) is 0 Å². The minimum atomic E-state index is 0.320. The van der Waals surface area contributed by atoms with Crippen LogP contribution in [0.2, 0.25) is 0 Å². The van der Waals surface area contributed by atoms with E-state index in [1.165, 1.54) is 12.8 Å². The topological polar surface area (TPSA) is 41.5 Å². The summed E-state index contributed by atoms with van der Waals surface area (Å²) >= 11 is 0. The van der Waals surface area contributed by atoms with Crippen molar-refractivity contribution in [3.8, 4) is 0 Å². The molecule has 3 heteroatoms. The highest BCUT2D eigenvalue weighted by Crippen LogP contribution is 2.12. The maximum atomic E-state index is 8.95.